The van der Waals surface area contributed by atoms with Crippen molar-refractivity contribution in [3.05, 3.63) is 85.1 Å². The number of allylic oxidation sites excluding steroid dienone is 14. The molecular weight excluding hydrogens is 870 g/mol. The number of carbonyl (C=O) groups excluding carboxylic acids is 2. The number of rotatable bonds is 51. The van der Waals surface area contributed by atoms with Crippen molar-refractivity contribution in [1.82, 2.24) is 0 Å². The lowest BCUT2D eigenvalue weighted by molar-refractivity contribution is -0.161. The van der Waals surface area contributed by atoms with Crippen LogP contribution >= 0.6 is 7.82 Å². The normalized spacial score (nSPS) is 13.8. The third-order valence-corrected chi connectivity index (χ3v) is 12.5. The molecule has 0 heterocycles. The molecule has 0 aromatic rings. The molecule has 68 heavy (non-hydrogen) atoms. The molecule has 0 bridgehead atoms. The van der Waals surface area contributed by atoms with E-state index < -0.39 is 32.5 Å². The Bertz CT molecular complexity index is 1390. The molecular formula is C58H102NO8P. The van der Waals surface area contributed by atoms with Gasteiger partial charge >= 0.3 is 19.8 Å². The van der Waals surface area contributed by atoms with Crippen LogP contribution in [0.15, 0.2) is 85.1 Å². The van der Waals surface area contributed by atoms with Crippen molar-refractivity contribution in [3.8, 4) is 0 Å². The molecule has 0 aliphatic rings. The lowest BCUT2D eigenvalue weighted by atomic mass is 10.0. The largest absolute Gasteiger partial charge is 0.472 e. The van der Waals surface area contributed by atoms with Gasteiger partial charge in [0.05, 0.1) is 13.2 Å². The molecule has 0 radical (unpaired) electrons. The van der Waals surface area contributed by atoms with Crippen molar-refractivity contribution in [2.24, 2.45) is 5.73 Å². The fourth-order valence-electron chi connectivity index (χ4n) is 7.46. The Morgan fingerprint density at radius 2 is 0.809 bits per heavy atom. The Hall–Kier alpha value is -2.81. The Kier molecular flexibility index (Phi) is 51.3. The average Bonchev–Trinajstić information content (AvgIpc) is 3.33. The summed E-state index contributed by atoms with van der Waals surface area (Å²) >= 11 is 0. The third-order valence-electron chi connectivity index (χ3n) is 11.5. The molecule has 3 N–H and O–H groups in total. The van der Waals surface area contributed by atoms with Crippen LogP contribution in [0.5, 0.6) is 0 Å². The number of phosphoric acid groups is 1. The molecule has 0 aliphatic carbocycles. The van der Waals surface area contributed by atoms with Crippen LogP contribution in [0, 0.1) is 0 Å². The second-order valence-corrected chi connectivity index (χ2v) is 19.5. The molecule has 0 fully saturated rings. The molecule has 9 nitrogen and oxygen atoms in total. The van der Waals surface area contributed by atoms with Crippen LogP contribution in [-0.4, -0.2) is 49.3 Å². The number of esters is 2. The number of hydrogen-bond donors (Lipinski definition) is 2. The van der Waals surface area contributed by atoms with Gasteiger partial charge in [-0.1, -0.05) is 221 Å². The van der Waals surface area contributed by atoms with Gasteiger partial charge in [-0.2, -0.15) is 0 Å². The van der Waals surface area contributed by atoms with Crippen LogP contribution in [0.3, 0.4) is 0 Å². The molecule has 0 saturated carbocycles. The zero-order chi connectivity index (χ0) is 49.5. The van der Waals surface area contributed by atoms with Crippen LogP contribution in [-0.2, 0) is 32.7 Å². The van der Waals surface area contributed by atoms with Crippen LogP contribution in [0.2, 0.25) is 0 Å². The Labute approximate surface area is 417 Å². The third kappa shape index (κ3) is 52.6. The predicted molar refractivity (Wildman–Crippen MR) is 289 cm³/mol. The fraction of sp³-hybridized carbons (Fsp3) is 0.724. The number of unbranched alkanes of at least 4 members (excludes halogenated alkanes) is 24. The average molecular weight is 972 g/mol. The summed E-state index contributed by atoms with van der Waals surface area (Å²) in [5.74, 6) is -0.837. The van der Waals surface area contributed by atoms with Crippen molar-refractivity contribution in [3.63, 3.8) is 0 Å². The van der Waals surface area contributed by atoms with Crippen LogP contribution in [0.1, 0.15) is 239 Å². The fourth-order valence-corrected chi connectivity index (χ4v) is 8.22. The first-order valence-corrected chi connectivity index (χ1v) is 29.1. The van der Waals surface area contributed by atoms with E-state index in [0.29, 0.717) is 6.42 Å². The van der Waals surface area contributed by atoms with Gasteiger partial charge in [0.25, 0.3) is 0 Å². The van der Waals surface area contributed by atoms with Crippen LogP contribution in [0.25, 0.3) is 0 Å². The van der Waals surface area contributed by atoms with E-state index in [1.165, 1.54) is 109 Å². The zero-order valence-electron chi connectivity index (χ0n) is 43.6. The number of hydrogen-bond acceptors (Lipinski definition) is 8. The van der Waals surface area contributed by atoms with Crippen molar-refractivity contribution >= 4 is 19.8 Å². The SMILES string of the molecule is CC/C=C\C/C=C\C/C=C\C/C=C\C/C=C\C/C=C\CCCCCCCCCCCCCCCCC(=O)OC(COC(=O)CCCCCCC/C=C\CCCCCCC)COP(=O)(O)OCCN. The maximum absolute atomic E-state index is 12.7. The highest BCUT2D eigenvalue weighted by Crippen LogP contribution is 2.43. The summed E-state index contributed by atoms with van der Waals surface area (Å²) in [6, 6.07) is 0. The van der Waals surface area contributed by atoms with Crippen molar-refractivity contribution < 1.29 is 37.6 Å². The first kappa shape index (κ1) is 65.2. The second-order valence-electron chi connectivity index (χ2n) is 18.1. The van der Waals surface area contributed by atoms with E-state index in [-0.39, 0.29) is 32.6 Å². The summed E-state index contributed by atoms with van der Waals surface area (Å²) in [5.41, 5.74) is 5.37. The summed E-state index contributed by atoms with van der Waals surface area (Å²) in [7, 11) is -4.39. The standard InChI is InChI=1S/C58H102NO8P/c1-3-5-7-9-11-13-15-17-19-20-21-22-23-24-25-26-27-28-29-30-31-32-33-34-35-36-37-39-41-43-45-47-49-51-58(61)67-56(55-66-68(62,63)65-53-52-59)54-64-57(60)50-48-46-44-42-40-38-18-16-14-12-10-8-6-4-2/h5,7,11,13,16-19,21-22,24-25,27-28,56H,3-4,6,8-10,12,14-15,20,23,26,29-55,59H2,1-2H3,(H,62,63)/b7-5-,13-11-,18-16-,19-17-,22-21-,25-24-,28-27-. The molecule has 0 spiro atoms. The maximum Gasteiger partial charge on any atom is 0.472 e. The molecule has 2 atom stereocenters. The predicted octanol–water partition coefficient (Wildman–Crippen LogP) is 17.1. The number of carbonyl (C=O) groups is 2. The van der Waals surface area contributed by atoms with Gasteiger partial charge in [0.15, 0.2) is 6.10 Å². The molecule has 10 heteroatoms. The molecule has 0 aliphatic heterocycles. The van der Waals surface area contributed by atoms with E-state index in [1.54, 1.807) is 0 Å². The smallest absolute Gasteiger partial charge is 0.462 e. The van der Waals surface area contributed by atoms with Gasteiger partial charge in [-0.15, -0.1) is 0 Å². The van der Waals surface area contributed by atoms with E-state index in [0.717, 1.165) is 96.3 Å². The van der Waals surface area contributed by atoms with Crippen LogP contribution < -0.4 is 5.73 Å². The number of ether oxygens (including phenoxy) is 2. The Morgan fingerprint density at radius 3 is 1.22 bits per heavy atom. The zero-order valence-corrected chi connectivity index (χ0v) is 44.5. The van der Waals surface area contributed by atoms with Gasteiger partial charge in [0, 0.05) is 19.4 Å². The van der Waals surface area contributed by atoms with Gasteiger partial charge in [0.2, 0.25) is 0 Å². The minimum absolute atomic E-state index is 0.0500. The monoisotopic (exact) mass is 972 g/mol. The first-order valence-electron chi connectivity index (χ1n) is 27.6. The molecule has 0 rings (SSSR count). The molecule has 0 saturated heterocycles. The van der Waals surface area contributed by atoms with E-state index in [4.69, 9.17) is 24.3 Å². The molecule has 2 unspecified atom stereocenters. The van der Waals surface area contributed by atoms with E-state index in [9.17, 15) is 19.0 Å². The van der Waals surface area contributed by atoms with E-state index >= 15 is 0 Å². The topological polar surface area (TPSA) is 134 Å². The van der Waals surface area contributed by atoms with E-state index in [1.807, 2.05) is 0 Å². The minimum atomic E-state index is -4.39. The van der Waals surface area contributed by atoms with Gasteiger partial charge < -0.3 is 20.1 Å². The summed E-state index contributed by atoms with van der Waals surface area (Å²) < 4.78 is 32.9. The van der Waals surface area contributed by atoms with E-state index in [2.05, 4.69) is 98.9 Å². The summed E-state index contributed by atoms with van der Waals surface area (Å²) in [4.78, 5) is 35.1. The Morgan fingerprint density at radius 1 is 0.456 bits per heavy atom. The summed E-state index contributed by atoms with van der Waals surface area (Å²) in [6.07, 6.45) is 69.2. The number of nitrogens with two attached hydrogens (primary N) is 1. The molecule has 0 aromatic carbocycles. The first-order chi connectivity index (χ1) is 33.3. The quantitative estimate of drug-likeness (QED) is 0.0264. The highest BCUT2D eigenvalue weighted by molar-refractivity contribution is 7.47. The van der Waals surface area contributed by atoms with Gasteiger partial charge in [-0.25, -0.2) is 4.57 Å². The highest BCUT2D eigenvalue weighted by atomic mass is 31.2. The highest BCUT2D eigenvalue weighted by Gasteiger charge is 2.26. The van der Waals surface area contributed by atoms with Crippen molar-refractivity contribution in [1.29, 1.82) is 0 Å². The van der Waals surface area contributed by atoms with Gasteiger partial charge in [0.1, 0.15) is 6.61 Å². The Balaban J connectivity index is 3.94. The van der Waals surface area contributed by atoms with Crippen molar-refractivity contribution in [2.75, 3.05) is 26.4 Å². The minimum Gasteiger partial charge on any atom is -0.462 e. The lowest BCUT2D eigenvalue weighted by Crippen LogP contribution is -2.29. The van der Waals surface area contributed by atoms with Crippen LogP contribution in [0.4, 0.5) is 0 Å². The second kappa shape index (κ2) is 53.5. The maximum atomic E-state index is 12.7. The summed E-state index contributed by atoms with van der Waals surface area (Å²) in [5, 5.41) is 0. The van der Waals surface area contributed by atoms with Gasteiger partial charge in [-0.05, 0) is 89.9 Å². The summed E-state index contributed by atoms with van der Waals surface area (Å²) in [6.45, 7) is 3.61. The van der Waals surface area contributed by atoms with Gasteiger partial charge in [-0.3, -0.25) is 18.6 Å². The lowest BCUT2D eigenvalue weighted by Gasteiger charge is -2.19. The molecule has 0 aromatic heterocycles. The molecule has 0 amide bonds. The van der Waals surface area contributed by atoms with Crippen molar-refractivity contribution in [2.45, 2.75) is 245 Å². The molecule has 392 valence electrons. The number of phosphoric ester groups is 1.